The number of rotatable bonds is 3. The van der Waals surface area contributed by atoms with Gasteiger partial charge >= 0.3 is 0 Å². The maximum absolute atomic E-state index is 6.00. The first kappa shape index (κ1) is 14.2. The van der Waals surface area contributed by atoms with Gasteiger partial charge in [-0.2, -0.15) is 0 Å². The van der Waals surface area contributed by atoms with Crippen LogP contribution in [0.15, 0.2) is 60.7 Å². The highest BCUT2D eigenvalue weighted by Crippen LogP contribution is 2.28. The van der Waals surface area contributed by atoms with Crippen molar-refractivity contribution in [1.29, 1.82) is 0 Å². The van der Waals surface area contributed by atoms with Gasteiger partial charge in [0.05, 0.1) is 5.69 Å². The smallest absolute Gasteiger partial charge is 0.0531 e. The van der Waals surface area contributed by atoms with Gasteiger partial charge in [0.2, 0.25) is 0 Å². The predicted octanol–water partition coefficient (Wildman–Crippen LogP) is 6.01. The lowest BCUT2D eigenvalue weighted by Gasteiger charge is -2.13. The Morgan fingerprint density at radius 1 is 0.762 bits per heavy atom. The van der Waals surface area contributed by atoms with Gasteiger partial charge in [-0.15, -0.1) is 0 Å². The van der Waals surface area contributed by atoms with Gasteiger partial charge in [0.25, 0.3) is 0 Å². The summed E-state index contributed by atoms with van der Waals surface area (Å²) in [7, 11) is 0. The number of halogens is 2. The van der Waals surface area contributed by atoms with Gasteiger partial charge in [-0.05, 0) is 60.5 Å². The van der Waals surface area contributed by atoms with E-state index in [2.05, 4.69) is 23.6 Å². The maximum atomic E-state index is 6.00. The van der Waals surface area contributed by atoms with Crippen molar-refractivity contribution in [2.24, 2.45) is 0 Å². The molecule has 2 aromatic carbocycles. The molecule has 0 bridgehead atoms. The monoisotopic (exact) mass is 315 g/mol. The van der Waals surface area contributed by atoms with Crippen molar-refractivity contribution in [2.75, 3.05) is 0 Å². The van der Waals surface area contributed by atoms with Gasteiger partial charge in [0, 0.05) is 21.4 Å². The van der Waals surface area contributed by atoms with Crippen LogP contribution >= 0.6 is 23.2 Å². The van der Waals surface area contributed by atoms with Gasteiger partial charge in [-0.3, -0.25) is 0 Å². The Balaban J connectivity index is 2.16. The summed E-state index contributed by atoms with van der Waals surface area (Å²) in [5, 5.41) is 1.50. The van der Waals surface area contributed by atoms with E-state index in [1.54, 1.807) is 0 Å². The van der Waals surface area contributed by atoms with E-state index in [0.717, 1.165) is 33.4 Å². The quantitative estimate of drug-likeness (QED) is 0.557. The Kier molecular flexibility index (Phi) is 4.05. The summed E-state index contributed by atoms with van der Waals surface area (Å²) in [6.45, 7) is 2.16. The van der Waals surface area contributed by atoms with E-state index >= 15 is 0 Å². The second kappa shape index (κ2) is 5.97. The fourth-order valence-electron chi connectivity index (χ4n) is 2.50. The van der Waals surface area contributed by atoms with Crippen molar-refractivity contribution >= 4 is 23.2 Å². The first-order valence-corrected chi connectivity index (χ1v) is 7.67. The molecular weight excluding hydrogens is 301 g/mol. The molecule has 0 fully saturated rings. The molecule has 1 aromatic heterocycles. The Labute approximate surface area is 134 Å². The van der Waals surface area contributed by atoms with Gasteiger partial charge in [-0.1, -0.05) is 42.3 Å². The molecule has 1 heterocycles. The lowest BCUT2D eigenvalue weighted by molar-refractivity contribution is 0.943. The van der Waals surface area contributed by atoms with E-state index in [-0.39, 0.29) is 0 Å². The van der Waals surface area contributed by atoms with E-state index < -0.39 is 0 Å². The van der Waals surface area contributed by atoms with Crippen LogP contribution in [-0.4, -0.2) is 4.57 Å². The number of hydrogen-bond donors (Lipinski definition) is 0. The predicted molar refractivity (Wildman–Crippen MR) is 90.6 cm³/mol. The zero-order valence-electron chi connectivity index (χ0n) is 11.7. The number of nitrogens with zero attached hydrogens (tertiary/aromatic N) is 1. The third-order valence-corrected chi connectivity index (χ3v) is 4.05. The van der Waals surface area contributed by atoms with E-state index in [1.165, 1.54) is 5.69 Å². The van der Waals surface area contributed by atoms with Gasteiger partial charge in [0.15, 0.2) is 0 Å². The molecule has 106 valence electrons. The molecule has 0 amide bonds. The summed E-state index contributed by atoms with van der Waals surface area (Å²) in [4.78, 5) is 0. The van der Waals surface area contributed by atoms with Crippen LogP contribution in [0, 0.1) is 0 Å². The first-order chi connectivity index (χ1) is 10.2. The molecule has 3 aromatic rings. The summed E-state index contributed by atoms with van der Waals surface area (Å²) in [5.74, 6) is 0. The van der Waals surface area contributed by atoms with Crippen LogP contribution < -0.4 is 0 Å². The number of aromatic nitrogens is 1. The Bertz CT molecular complexity index is 740. The highest BCUT2D eigenvalue weighted by molar-refractivity contribution is 6.30. The van der Waals surface area contributed by atoms with E-state index in [4.69, 9.17) is 23.2 Å². The fraction of sp³-hybridized carbons (Fsp3) is 0.111. The molecule has 21 heavy (non-hydrogen) atoms. The van der Waals surface area contributed by atoms with Crippen LogP contribution in [0.2, 0.25) is 10.0 Å². The SMILES string of the molecule is CCc1ccc(-c2ccc(Cl)cc2)n1-c1ccc(Cl)cc1. The third kappa shape index (κ3) is 2.85. The standard InChI is InChI=1S/C18H15Cl2N/c1-2-16-11-12-18(13-3-5-14(19)6-4-13)21(16)17-9-7-15(20)8-10-17/h3-12H,2H2,1H3. The molecule has 0 radical (unpaired) electrons. The molecule has 0 unspecified atom stereocenters. The molecular formula is C18H15Cl2N. The molecule has 0 N–H and O–H groups in total. The van der Waals surface area contributed by atoms with Crippen molar-refractivity contribution < 1.29 is 0 Å². The number of benzene rings is 2. The van der Waals surface area contributed by atoms with E-state index in [0.29, 0.717) is 0 Å². The molecule has 3 rings (SSSR count). The average molecular weight is 316 g/mol. The van der Waals surface area contributed by atoms with E-state index in [1.807, 2.05) is 48.5 Å². The van der Waals surface area contributed by atoms with Crippen LogP contribution in [0.3, 0.4) is 0 Å². The van der Waals surface area contributed by atoms with Crippen LogP contribution in [0.5, 0.6) is 0 Å². The molecule has 0 aliphatic heterocycles. The van der Waals surface area contributed by atoms with Crippen molar-refractivity contribution in [3.05, 3.63) is 76.4 Å². The second-order valence-corrected chi connectivity index (χ2v) is 5.76. The Morgan fingerprint density at radius 3 is 1.90 bits per heavy atom. The number of hydrogen-bond acceptors (Lipinski definition) is 0. The summed E-state index contributed by atoms with van der Waals surface area (Å²) in [6, 6.07) is 20.2. The molecule has 0 spiro atoms. The van der Waals surface area contributed by atoms with Gasteiger partial charge in [-0.25, -0.2) is 0 Å². The average Bonchev–Trinajstić information content (AvgIpc) is 2.93. The van der Waals surface area contributed by atoms with E-state index in [9.17, 15) is 0 Å². The number of aryl methyl sites for hydroxylation is 1. The molecule has 3 heteroatoms. The Morgan fingerprint density at radius 2 is 1.33 bits per heavy atom. The highest BCUT2D eigenvalue weighted by atomic mass is 35.5. The lowest BCUT2D eigenvalue weighted by atomic mass is 10.1. The molecule has 0 saturated heterocycles. The van der Waals surface area contributed by atoms with Crippen LogP contribution in [0.4, 0.5) is 0 Å². The van der Waals surface area contributed by atoms with Crippen LogP contribution in [0.25, 0.3) is 16.9 Å². The van der Waals surface area contributed by atoms with Crippen molar-refractivity contribution in [1.82, 2.24) is 4.57 Å². The summed E-state index contributed by atoms with van der Waals surface area (Å²) < 4.78 is 2.26. The molecule has 0 aliphatic carbocycles. The van der Waals surface area contributed by atoms with Gasteiger partial charge < -0.3 is 4.57 Å². The minimum atomic E-state index is 0.747. The lowest BCUT2D eigenvalue weighted by Crippen LogP contribution is -2.01. The third-order valence-electron chi connectivity index (χ3n) is 3.55. The first-order valence-electron chi connectivity index (χ1n) is 6.91. The van der Waals surface area contributed by atoms with Crippen molar-refractivity contribution in [3.63, 3.8) is 0 Å². The molecule has 0 atom stereocenters. The largest absolute Gasteiger partial charge is 0.314 e. The zero-order chi connectivity index (χ0) is 14.8. The minimum Gasteiger partial charge on any atom is -0.314 e. The molecule has 0 saturated carbocycles. The molecule has 0 aliphatic rings. The minimum absolute atomic E-state index is 0.747. The second-order valence-electron chi connectivity index (χ2n) is 4.88. The van der Waals surface area contributed by atoms with Crippen molar-refractivity contribution in [3.8, 4) is 16.9 Å². The van der Waals surface area contributed by atoms with Gasteiger partial charge in [0.1, 0.15) is 0 Å². The normalized spacial score (nSPS) is 10.8. The summed E-state index contributed by atoms with van der Waals surface area (Å²) in [6.07, 6.45) is 0.968. The topological polar surface area (TPSA) is 4.93 Å². The van der Waals surface area contributed by atoms with Crippen molar-refractivity contribution in [2.45, 2.75) is 13.3 Å². The molecule has 1 nitrogen and oxygen atoms in total. The fourth-order valence-corrected chi connectivity index (χ4v) is 2.75. The van der Waals surface area contributed by atoms with Crippen LogP contribution in [-0.2, 0) is 6.42 Å². The van der Waals surface area contributed by atoms with Crippen LogP contribution in [0.1, 0.15) is 12.6 Å². The Hall–Kier alpha value is -1.70. The summed E-state index contributed by atoms with van der Waals surface area (Å²) >= 11 is 12.0. The summed E-state index contributed by atoms with van der Waals surface area (Å²) in [5.41, 5.74) is 4.69. The maximum Gasteiger partial charge on any atom is 0.0531 e. The highest BCUT2D eigenvalue weighted by Gasteiger charge is 2.10. The zero-order valence-corrected chi connectivity index (χ0v) is 13.2.